The average molecular weight is 425 g/mol. The van der Waals surface area contributed by atoms with E-state index in [1.807, 2.05) is 0 Å². The molecule has 30 heavy (non-hydrogen) atoms. The van der Waals surface area contributed by atoms with Crippen molar-refractivity contribution >= 4 is 12.1 Å². The van der Waals surface area contributed by atoms with Crippen molar-refractivity contribution in [3.05, 3.63) is 0 Å². The highest BCUT2D eigenvalue weighted by molar-refractivity contribution is 5.80. The topological polar surface area (TPSA) is 96.9 Å². The van der Waals surface area contributed by atoms with Gasteiger partial charge in [0.15, 0.2) is 6.04 Å². The van der Waals surface area contributed by atoms with Crippen molar-refractivity contribution < 1.29 is 24.2 Å². The van der Waals surface area contributed by atoms with Gasteiger partial charge in [0.25, 0.3) is 0 Å². The minimum atomic E-state index is -1.21. The van der Waals surface area contributed by atoms with Crippen LogP contribution < -0.4 is 10.6 Å². The number of carboxylic acids is 1. The van der Waals surface area contributed by atoms with Crippen molar-refractivity contribution in [1.29, 1.82) is 0 Å². The molecule has 0 aromatic heterocycles. The van der Waals surface area contributed by atoms with Gasteiger partial charge in [0.05, 0.1) is 6.61 Å². The number of hydrogen-bond acceptors (Lipinski definition) is 5. The third-order valence-electron chi connectivity index (χ3n) is 5.14. The number of carboxylic acid groups (broad SMARTS) is 1. The van der Waals surface area contributed by atoms with Gasteiger partial charge < -0.3 is 25.2 Å². The van der Waals surface area contributed by atoms with Crippen LogP contribution in [0.1, 0.15) is 85.0 Å². The molecule has 7 heteroatoms. The van der Waals surface area contributed by atoms with Crippen LogP contribution >= 0.6 is 0 Å². The molecule has 1 amide bonds. The molecule has 0 aliphatic heterocycles. The first kappa shape index (κ1) is 26.3. The van der Waals surface area contributed by atoms with Gasteiger partial charge in [-0.2, -0.15) is 0 Å². The first-order valence-corrected chi connectivity index (χ1v) is 11.2. The molecule has 0 bridgehead atoms. The van der Waals surface area contributed by atoms with E-state index in [1.165, 1.54) is 64.2 Å². The number of nitrogens with one attached hydrogen (secondary N) is 2. The summed E-state index contributed by atoms with van der Waals surface area (Å²) < 4.78 is 9.77. The Morgan fingerprint density at radius 2 is 1.53 bits per heavy atom. The minimum Gasteiger partial charge on any atom is -0.480 e. The van der Waals surface area contributed by atoms with E-state index in [1.54, 1.807) is 20.8 Å². The summed E-state index contributed by atoms with van der Waals surface area (Å²) in [7, 11) is 0. The van der Waals surface area contributed by atoms with Gasteiger partial charge in [0.2, 0.25) is 0 Å². The maximum atomic E-state index is 11.3. The molecule has 172 valence electrons. The Morgan fingerprint density at radius 3 is 1.93 bits per heavy atom. The lowest BCUT2D eigenvalue weighted by atomic mass is 9.91. The number of amides is 1. The van der Waals surface area contributed by atoms with Crippen LogP contribution in [0, 0.1) is 12.3 Å². The number of hydrogen-bond donors (Lipinski definition) is 3. The summed E-state index contributed by atoms with van der Waals surface area (Å²) in [6, 6.07) is 0.562. The van der Waals surface area contributed by atoms with Crippen LogP contribution in [-0.4, -0.2) is 54.1 Å². The molecule has 2 saturated carbocycles. The molecule has 7 nitrogen and oxygen atoms in total. The fourth-order valence-corrected chi connectivity index (χ4v) is 3.73. The quantitative estimate of drug-likeness (QED) is 0.424. The van der Waals surface area contributed by atoms with Gasteiger partial charge in [-0.15, -0.1) is 6.42 Å². The lowest BCUT2D eigenvalue weighted by Gasteiger charge is -2.30. The lowest BCUT2D eigenvalue weighted by molar-refractivity contribution is -0.141. The van der Waals surface area contributed by atoms with E-state index in [0.717, 1.165) is 12.1 Å². The monoisotopic (exact) mass is 424 g/mol. The second-order valence-electron chi connectivity index (χ2n) is 9.09. The van der Waals surface area contributed by atoms with E-state index >= 15 is 0 Å². The van der Waals surface area contributed by atoms with Gasteiger partial charge in [-0.1, -0.05) is 44.4 Å². The maximum Gasteiger partial charge on any atom is 0.408 e. The summed E-state index contributed by atoms with van der Waals surface area (Å²) >= 11 is 0. The Hall–Kier alpha value is -1.78. The molecule has 1 atom stereocenters. The summed E-state index contributed by atoms with van der Waals surface area (Å²) in [5.41, 5.74) is -0.688. The Morgan fingerprint density at radius 1 is 1.03 bits per heavy atom. The predicted molar refractivity (Wildman–Crippen MR) is 117 cm³/mol. The molecule has 0 spiro atoms. The molecule has 2 rings (SSSR count). The maximum absolute atomic E-state index is 11.3. The molecule has 2 aliphatic carbocycles. The molecule has 0 heterocycles. The molecular weight excluding hydrogens is 384 g/mol. The highest BCUT2D eigenvalue weighted by atomic mass is 16.6. The standard InChI is InChI=1S/C12H23N.C11H17NO5/c1-3-7-11(8-4-1)13-12-9-5-2-6-10-12;1-5-6-16-7-8(9(13)14)12-10(15)17-11(2,3)4/h11-13H,1-10H2;1,8H,6-7H2,2-4H3,(H,12,15)(H,13,14)/t;8-/m.0/s1. The van der Waals surface area contributed by atoms with Crippen LogP contribution in [0.3, 0.4) is 0 Å². The SMILES string of the molecule is C#CCOC[C@H](NC(=O)OC(C)(C)C)C(=O)O.C1CCC(NC2CCCCC2)CC1. The normalized spacial score (nSPS) is 19.0. The van der Waals surface area contributed by atoms with Crippen LogP contribution in [0.2, 0.25) is 0 Å². The van der Waals surface area contributed by atoms with E-state index in [-0.39, 0.29) is 13.2 Å². The zero-order chi connectivity index (χ0) is 22.4. The second-order valence-corrected chi connectivity index (χ2v) is 9.09. The molecule has 0 radical (unpaired) electrons. The van der Waals surface area contributed by atoms with E-state index in [0.29, 0.717) is 0 Å². The number of alkyl carbamates (subject to hydrolysis) is 1. The summed E-state index contributed by atoms with van der Waals surface area (Å²) in [5, 5.41) is 14.9. The van der Waals surface area contributed by atoms with Crippen LogP contribution in [0.15, 0.2) is 0 Å². The molecule has 0 aromatic rings. The first-order chi connectivity index (χ1) is 14.2. The summed E-state index contributed by atoms with van der Waals surface area (Å²) in [6.07, 6.45) is 18.7. The molecule has 0 unspecified atom stereocenters. The lowest BCUT2D eigenvalue weighted by Crippen LogP contribution is -2.46. The molecule has 3 N–H and O–H groups in total. The molecular formula is C23H40N2O5. The van der Waals surface area contributed by atoms with E-state index < -0.39 is 23.7 Å². The number of carbonyl (C=O) groups is 2. The van der Waals surface area contributed by atoms with Gasteiger partial charge in [0, 0.05) is 12.1 Å². The third kappa shape index (κ3) is 12.7. The molecule has 2 fully saturated rings. The number of aliphatic carboxylic acids is 1. The summed E-state index contributed by atoms with van der Waals surface area (Å²) in [4.78, 5) is 22.1. The van der Waals surface area contributed by atoms with Gasteiger partial charge >= 0.3 is 12.1 Å². The highest BCUT2D eigenvalue weighted by Crippen LogP contribution is 2.22. The number of rotatable bonds is 7. The Balaban J connectivity index is 0.000000308. The number of terminal acetylenes is 1. The van der Waals surface area contributed by atoms with Crippen LogP contribution in [0.5, 0.6) is 0 Å². The van der Waals surface area contributed by atoms with Crippen molar-refractivity contribution in [3.63, 3.8) is 0 Å². The molecule has 0 saturated heterocycles. The van der Waals surface area contributed by atoms with E-state index in [9.17, 15) is 9.59 Å². The highest BCUT2D eigenvalue weighted by Gasteiger charge is 2.24. The zero-order valence-corrected chi connectivity index (χ0v) is 18.9. The fourth-order valence-electron chi connectivity index (χ4n) is 3.73. The second kappa shape index (κ2) is 14.3. The van der Waals surface area contributed by atoms with Crippen LogP contribution in [0.25, 0.3) is 0 Å². The van der Waals surface area contributed by atoms with Crippen molar-refractivity contribution in [2.45, 2.75) is 109 Å². The third-order valence-corrected chi connectivity index (χ3v) is 5.14. The Kier molecular flexibility index (Phi) is 12.5. The van der Waals surface area contributed by atoms with Gasteiger partial charge in [-0.05, 0) is 46.5 Å². The van der Waals surface area contributed by atoms with Crippen molar-refractivity contribution in [3.8, 4) is 12.3 Å². The van der Waals surface area contributed by atoms with Gasteiger partial charge in [-0.3, -0.25) is 0 Å². The predicted octanol–water partition coefficient (Wildman–Crippen LogP) is 3.86. The number of carbonyl (C=O) groups excluding carboxylic acids is 1. The van der Waals surface area contributed by atoms with Gasteiger partial charge in [-0.25, -0.2) is 9.59 Å². The van der Waals surface area contributed by atoms with Crippen LogP contribution in [0.4, 0.5) is 4.79 Å². The van der Waals surface area contributed by atoms with Crippen molar-refractivity contribution in [2.75, 3.05) is 13.2 Å². The summed E-state index contributed by atoms with van der Waals surface area (Å²) in [5.74, 6) is 0.980. The first-order valence-electron chi connectivity index (χ1n) is 11.2. The molecule has 2 aliphatic rings. The number of ether oxygens (including phenoxy) is 2. The summed E-state index contributed by atoms with van der Waals surface area (Å²) in [6.45, 7) is 4.81. The molecule has 0 aromatic carbocycles. The fraction of sp³-hybridized carbons (Fsp3) is 0.826. The average Bonchev–Trinajstić information content (AvgIpc) is 2.68. The van der Waals surface area contributed by atoms with E-state index in [2.05, 4.69) is 16.6 Å². The van der Waals surface area contributed by atoms with Gasteiger partial charge in [0.1, 0.15) is 12.2 Å². The van der Waals surface area contributed by atoms with E-state index in [4.69, 9.17) is 21.0 Å². The minimum absolute atomic E-state index is 0.0141. The van der Waals surface area contributed by atoms with Crippen molar-refractivity contribution in [2.24, 2.45) is 0 Å². The largest absolute Gasteiger partial charge is 0.480 e. The zero-order valence-electron chi connectivity index (χ0n) is 18.9. The Labute approximate surface area is 181 Å². The smallest absolute Gasteiger partial charge is 0.408 e. The van der Waals surface area contributed by atoms with Crippen molar-refractivity contribution in [1.82, 2.24) is 10.6 Å². The van der Waals surface area contributed by atoms with Crippen LogP contribution in [-0.2, 0) is 14.3 Å². The Bertz CT molecular complexity index is 525.